The highest BCUT2D eigenvalue weighted by Gasteiger charge is 2.22. The molecule has 0 radical (unpaired) electrons. The van der Waals surface area contributed by atoms with Gasteiger partial charge in [0.1, 0.15) is 11.7 Å². The number of pyridine rings is 1. The first-order chi connectivity index (χ1) is 12.2. The molecule has 3 aromatic rings. The standard InChI is InChI=1S/C17H14ClN3O3S/c18-10-3-4-13-14(8-10)25-17(20-13)21-15(22)12-2-1-6-19-16(12)24-11-5-7-23-9-11/h1-4,6,8,11H,5,7,9H2,(H,20,21,22)/t11-/m0/s1. The van der Waals surface area contributed by atoms with E-state index in [0.717, 1.165) is 16.6 Å². The van der Waals surface area contributed by atoms with Crippen molar-refractivity contribution in [2.24, 2.45) is 0 Å². The van der Waals surface area contributed by atoms with Crippen molar-refractivity contribution >= 4 is 44.2 Å². The second-order valence-corrected chi connectivity index (χ2v) is 7.01. The minimum Gasteiger partial charge on any atom is -0.471 e. The Kier molecular flexibility index (Phi) is 4.52. The molecule has 128 valence electrons. The third-order valence-electron chi connectivity index (χ3n) is 3.75. The van der Waals surface area contributed by atoms with Gasteiger partial charge in [0.05, 0.1) is 23.4 Å². The molecule has 0 bridgehead atoms. The Balaban J connectivity index is 1.55. The summed E-state index contributed by atoms with van der Waals surface area (Å²) in [5, 5.41) is 3.94. The van der Waals surface area contributed by atoms with Crippen molar-refractivity contribution in [3.63, 3.8) is 0 Å². The maximum Gasteiger partial charge on any atom is 0.262 e. The summed E-state index contributed by atoms with van der Waals surface area (Å²) in [7, 11) is 0. The van der Waals surface area contributed by atoms with E-state index in [2.05, 4.69) is 15.3 Å². The molecule has 2 aromatic heterocycles. The molecule has 0 spiro atoms. The topological polar surface area (TPSA) is 73.3 Å². The Bertz CT molecular complexity index is 924. The summed E-state index contributed by atoms with van der Waals surface area (Å²) >= 11 is 7.35. The zero-order valence-electron chi connectivity index (χ0n) is 13.1. The first-order valence-electron chi connectivity index (χ1n) is 7.76. The van der Waals surface area contributed by atoms with Crippen molar-refractivity contribution in [3.8, 4) is 5.88 Å². The molecule has 0 unspecified atom stereocenters. The van der Waals surface area contributed by atoms with Crippen molar-refractivity contribution in [3.05, 3.63) is 47.1 Å². The molecule has 0 saturated carbocycles. The number of carbonyl (C=O) groups excluding carboxylic acids is 1. The van der Waals surface area contributed by atoms with Crippen molar-refractivity contribution in [2.45, 2.75) is 12.5 Å². The first-order valence-corrected chi connectivity index (χ1v) is 8.95. The zero-order chi connectivity index (χ0) is 17.2. The van der Waals surface area contributed by atoms with Crippen LogP contribution in [0.4, 0.5) is 5.13 Å². The van der Waals surface area contributed by atoms with Crippen LogP contribution in [0.1, 0.15) is 16.8 Å². The lowest BCUT2D eigenvalue weighted by atomic mass is 10.2. The monoisotopic (exact) mass is 375 g/mol. The van der Waals surface area contributed by atoms with Gasteiger partial charge in [-0.2, -0.15) is 0 Å². The molecule has 1 atom stereocenters. The second-order valence-electron chi connectivity index (χ2n) is 5.54. The first kappa shape index (κ1) is 16.3. The highest BCUT2D eigenvalue weighted by Crippen LogP contribution is 2.29. The number of anilines is 1. The van der Waals surface area contributed by atoms with E-state index in [4.69, 9.17) is 21.1 Å². The van der Waals surface area contributed by atoms with E-state index in [9.17, 15) is 4.79 Å². The average molecular weight is 376 g/mol. The molecule has 1 aliphatic rings. The van der Waals surface area contributed by atoms with Crippen molar-refractivity contribution in [2.75, 3.05) is 18.5 Å². The molecule has 1 amide bonds. The number of fused-ring (bicyclic) bond motifs is 1. The van der Waals surface area contributed by atoms with E-state index in [0.29, 0.717) is 34.8 Å². The number of hydrogen-bond acceptors (Lipinski definition) is 6. The fourth-order valence-corrected chi connectivity index (χ4v) is 3.67. The number of halogens is 1. The third kappa shape index (κ3) is 3.58. The van der Waals surface area contributed by atoms with Gasteiger partial charge in [0.25, 0.3) is 5.91 Å². The molecule has 1 aliphatic heterocycles. The van der Waals surface area contributed by atoms with Crippen molar-refractivity contribution < 1.29 is 14.3 Å². The Morgan fingerprint density at radius 2 is 2.32 bits per heavy atom. The smallest absolute Gasteiger partial charge is 0.262 e. The van der Waals surface area contributed by atoms with E-state index in [1.54, 1.807) is 24.4 Å². The van der Waals surface area contributed by atoms with Gasteiger partial charge in [0, 0.05) is 17.6 Å². The maximum atomic E-state index is 12.6. The molecule has 8 heteroatoms. The third-order valence-corrected chi connectivity index (χ3v) is 4.92. The van der Waals surface area contributed by atoms with Crippen LogP contribution < -0.4 is 10.1 Å². The minimum absolute atomic E-state index is 0.0777. The predicted molar refractivity (Wildman–Crippen MR) is 96.7 cm³/mol. The summed E-state index contributed by atoms with van der Waals surface area (Å²) in [5.41, 5.74) is 1.15. The van der Waals surface area contributed by atoms with Gasteiger partial charge in [-0.3, -0.25) is 10.1 Å². The number of rotatable bonds is 4. The van der Waals surface area contributed by atoms with E-state index in [1.165, 1.54) is 11.3 Å². The highest BCUT2D eigenvalue weighted by molar-refractivity contribution is 7.22. The number of carbonyl (C=O) groups is 1. The summed E-state index contributed by atoms with van der Waals surface area (Å²) in [6, 6.07) is 8.79. The van der Waals surface area contributed by atoms with Crippen LogP contribution in [0.25, 0.3) is 10.2 Å². The van der Waals surface area contributed by atoms with Crippen LogP contribution in [-0.2, 0) is 4.74 Å². The van der Waals surface area contributed by atoms with E-state index >= 15 is 0 Å². The predicted octanol–water partition coefficient (Wildman–Crippen LogP) is 3.76. The lowest BCUT2D eigenvalue weighted by molar-refractivity contribution is 0.101. The van der Waals surface area contributed by atoms with Gasteiger partial charge < -0.3 is 9.47 Å². The fourth-order valence-electron chi connectivity index (χ4n) is 2.54. The fraction of sp³-hybridized carbons (Fsp3) is 0.235. The van der Waals surface area contributed by atoms with E-state index < -0.39 is 0 Å². The highest BCUT2D eigenvalue weighted by atomic mass is 35.5. The lowest BCUT2D eigenvalue weighted by Gasteiger charge is -2.13. The minimum atomic E-state index is -0.313. The number of ether oxygens (including phenoxy) is 2. The van der Waals surface area contributed by atoms with Gasteiger partial charge in [-0.15, -0.1) is 0 Å². The number of amides is 1. The normalized spacial score (nSPS) is 16.9. The molecule has 25 heavy (non-hydrogen) atoms. The Hall–Kier alpha value is -2.22. The molecule has 6 nitrogen and oxygen atoms in total. The molecule has 0 aliphatic carbocycles. The quantitative estimate of drug-likeness (QED) is 0.751. The zero-order valence-corrected chi connectivity index (χ0v) is 14.6. The molecule has 4 rings (SSSR count). The van der Waals surface area contributed by atoms with Crippen molar-refractivity contribution in [1.82, 2.24) is 9.97 Å². The number of nitrogens with one attached hydrogen (secondary N) is 1. The second kappa shape index (κ2) is 6.95. The Labute approximate surface area is 152 Å². The summed E-state index contributed by atoms with van der Waals surface area (Å²) in [4.78, 5) is 21.2. The number of hydrogen-bond donors (Lipinski definition) is 1. The SMILES string of the molecule is O=C(Nc1nc2ccc(Cl)cc2s1)c1cccnc1O[C@H]1CCOC1. The molecule has 1 fully saturated rings. The maximum absolute atomic E-state index is 12.6. The van der Waals surface area contributed by atoms with Gasteiger partial charge in [-0.05, 0) is 30.3 Å². The molecular formula is C17H14ClN3O3S. The van der Waals surface area contributed by atoms with Crippen molar-refractivity contribution in [1.29, 1.82) is 0 Å². The average Bonchev–Trinajstić information content (AvgIpc) is 3.24. The number of nitrogens with zero attached hydrogens (tertiary/aromatic N) is 2. The summed E-state index contributed by atoms with van der Waals surface area (Å²) < 4.78 is 12.0. The van der Waals surface area contributed by atoms with Crippen LogP contribution >= 0.6 is 22.9 Å². The van der Waals surface area contributed by atoms with Crippen LogP contribution in [0, 0.1) is 0 Å². The van der Waals surface area contributed by atoms with Gasteiger partial charge in [-0.1, -0.05) is 22.9 Å². The Morgan fingerprint density at radius 3 is 3.16 bits per heavy atom. The van der Waals surface area contributed by atoms with E-state index in [1.807, 2.05) is 12.1 Å². The van der Waals surface area contributed by atoms with Crippen LogP contribution in [0.2, 0.25) is 5.02 Å². The molecule has 1 aromatic carbocycles. The van der Waals surface area contributed by atoms with Crippen LogP contribution in [0.3, 0.4) is 0 Å². The van der Waals surface area contributed by atoms with E-state index in [-0.39, 0.29) is 12.0 Å². The van der Waals surface area contributed by atoms with Crippen LogP contribution in [0.5, 0.6) is 5.88 Å². The van der Waals surface area contributed by atoms with Gasteiger partial charge in [0.15, 0.2) is 5.13 Å². The van der Waals surface area contributed by atoms with Gasteiger partial charge in [0.2, 0.25) is 5.88 Å². The summed E-state index contributed by atoms with van der Waals surface area (Å²) in [6.07, 6.45) is 2.31. The van der Waals surface area contributed by atoms with Crippen LogP contribution in [-0.4, -0.2) is 35.2 Å². The molecule has 1 N–H and O–H groups in total. The largest absolute Gasteiger partial charge is 0.471 e. The number of benzene rings is 1. The van der Waals surface area contributed by atoms with Crippen LogP contribution in [0.15, 0.2) is 36.5 Å². The summed E-state index contributed by atoms with van der Waals surface area (Å²) in [6.45, 7) is 1.17. The number of aromatic nitrogens is 2. The molecule has 3 heterocycles. The summed E-state index contributed by atoms with van der Waals surface area (Å²) in [5.74, 6) is -0.00757. The molecular weight excluding hydrogens is 362 g/mol. The van der Waals surface area contributed by atoms with Gasteiger partial charge >= 0.3 is 0 Å². The van der Waals surface area contributed by atoms with Gasteiger partial charge in [-0.25, -0.2) is 9.97 Å². The molecule has 1 saturated heterocycles. The number of thiazole rings is 1. The Morgan fingerprint density at radius 1 is 1.40 bits per heavy atom. The lowest BCUT2D eigenvalue weighted by Crippen LogP contribution is -2.20.